The SMILES string of the molecule is COc1ccc(CC(=O)N/N=C\c2ccc(-c3ccc(Cl)cc3Cl)o2)cc1OC. The van der Waals surface area contributed by atoms with Crippen LogP contribution >= 0.6 is 23.2 Å². The summed E-state index contributed by atoms with van der Waals surface area (Å²) in [6.45, 7) is 0. The summed E-state index contributed by atoms with van der Waals surface area (Å²) >= 11 is 12.1. The molecule has 3 rings (SSSR count). The number of nitrogens with one attached hydrogen (secondary N) is 1. The number of nitrogens with zero attached hydrogens (tertiary/aromatic N) is 1. The van der Waals surface area contributed by atoms with Crippen LogP contribution in [0, 0.1) is 0 Å². The monoisotopic (exact) mass is 432 g/mol. The van der Waals surface area contributed by atoms with Crippen LogP contribution in [0.25, 0.3) is 11.3 Å². The lowest BCUT2D eigenvalue weighted by Crippen LogP contribution is -2.19. The van der Waals surface area contributed by atoms with Crippen molar-refractivity contribution in [2.45, 2.75) is 6.42 Å². The maximum atomic E-state index is 12.1. The Morgan fingerprint density at radius 3 is 2.59 bits per heavy atom. The summed E-state index contributed by atoms with van der Waals surface area (Å²) in [6, 6.07) is 13.9. The fraction of sp³-hybridized carbons (Fsp3) is 0.143. The maximum absolute atomic E-state index is 12.1. The lowest BCUT2D eigenvalue weighted by Gasteiger charge is -2.09. The molecule has 29 heavy (non-hydrogen) atoms. The molecule has 1 N–H and O–H groups in total. The van der Waals surface area contributed by atoms with Gasteiger partial charge in [-0.2, -0.15) is 5.10 Å². The number of hydrogen-bond acceptors (Lipinski definition) is 5. The molecule has 3 aromatic rings. The van der Waals surface area contributed by atoms with Gasteiger partial charge in [-0.05, 0) is 48.0 Å². The topological polar surface area (TPSA) is 73.1 Å². The number of halogens is 2. The molecule has 2 aromatic carbocycles. The lowest BCUT2D eigenvalue weighted by atomic mass is 10.1. The third-order valence-electron chi connectivity index (χ3n) is 4.02. The van der Waals surface area contributed by atoms with E-state index in [-0.39, 0.29) is 12.3 Å². The maximum Gasteiger partial charge on any atom is 0.244 e. The average Bonchev–Trinajstić information content (AvgIpc) is 3.16. The second-order valence-corrected chi connectivity index (χ2v) is 6.83. The molecule has 0 bridgehead atoms. The zero-order chi connectivity index (χ0) is 20.8. The second kappa shape index (κ2) is 9.49. The van der Waals surface area contributed by atoms with Gasteiger partial charge in [0.15, 0.2) is 11.5 Å². The highest BCUT2D eigenvalue weighted by Crippen LogP contribution is 2.31. The molecule has 0 saturated heterocycles. The third kappa shape index (κ3) is 5.31. The van der Waals surface area contributed by atoms with Crippen molar-refractivity contribution in [1.29, 1.82) is 0 Å². The molecule has 0 fully saturated rings. The summed E-state index contributed by atoms with van der Waals surface area (Å²) in [6.07, 6.45) is 1.56. The van der Waals surface area contributed by atoms with E-state index in [1.165, 1.54) is 6.21 Å². The van der Waals surface area contributed by atoms with E-state index in [0.29, 0.717) is 38.6 Å². The number of amides is 1. The van der Waals surface area contributed by atoms with E-state index in [4.69, 9.17) is 37.1 Å². The normalized spacial score (nSPS) is 10.9. The molecule has 6 nitrogen and oxygen atoms in total. The molecule has 1 amide bonds. The second-order valence-electron chi connectivity index (χ2n) is 5.99. The Morgan fingerprint density at radius 1 is 1.07 bits per heavy atom. The van der Waals surface area contributed by atoms with Crippen molar-refractivity contribution in [2.24, 2.45) is 5.10 Å². The van der Waals surface area contributed by atoms with E-state index in [1.807, 2.05) is 0 Å². The van der Waals surface area contributed by atoms with Crippen molar-refractivity contribution in [2.75, 3.05) is 14.2 Å². The van der Waals surface area contributed by atoms with E-state index < -0.39 is 0 Å². The Labute approximate surface area is 178 Å². The first kappa shape index (κ1) is 20.8. The van der Waals surface area contributed by atoms with Crippen LogP contribution in [0.15, 0.2) is 58.0 Å². The summed E-state index contributed by atoms with van der Waals surface area (Å²) in [5, 5.41) is 4.96. The molecule has 0 atom stereocenters. The molecule has 0 saturated carbocycles. The minimum atomic E-state index is -0.277. The van der Waals surface area contributed by atoms with Crippen molar-refractivity contribution in [3.8, 4) is 22.8 Å². The first-order valence-corrected chi connectivity index (χ1v) is 9.34. The van der Waals surface area contributed by atoms with Gasteiger partial charge in [0.2, 0.25) is 5.91 Å². The minimum Gasteiger partial charge on any atom is -0.493 e. The first-order chi connectivity index (χ1) is 14.0. The van der Waals surface area contributed by atoms with Gasteiger partial charge in [-0.1, -0.05) is 29.3 Å². The number of carbonyl (C=O) groups is 1. The lowest BCUT2D eigenvalue weighted by molar-refractivity contribution is -0.120. The smallest absolute Gasteiger partial charge is 0.244 e. The van der Waals surface area contributed by atoms with Gasteiger partial charge in [0.1, 0.15) is 11.5 Å². The number of rotatable bonds is 7. The Balaban J connectivity index is 1.60. The molecule has 1 heterocycles. The molecule has 0 aliphatic carbocycles. The number of methoxy groups -OCH3 is 2. The summed E-state index contributed by atoms with van der Waals surface area (Å²) < 4.78 is 16.1. The first-order valence-electron chi connectivity index (χ1n) is 8.58. The van der Waals surface area contributed by atoms with E-state index in [9.17, 15) is 4.79 Å². The predicted molar refractivity (Wildman–Crippen MR) is 113 cm³/mol. The Kier molecular flexibility index (Phi) is 6.80. The van der Waals surface area contributed by atoms with E-state index in [0.717, 1.165) is 5.56 Å². The largest absolute Gasteiger partial charge is 0.493 e. The number of hydrogen-bond donors (Lipinski definition) is 1. The van der Waals surface area contributed by atoms with Gasteiger partial charge >= 0.3 is 0 Å². The van der Waals surface area contributed by atoms with Gasteiger partial charge in [0.05, 0.1) is 31.9 Å². The summed E-state index contributed by atoms with van der Waals surface area (Å²) in [4.78, 5) is 12.1. The summed E-state index contributed by atoms with van der Waals surface area (Å²) in [5.74, 6) is 1.93. The number of hydrazone groups is 1. The molecule has 0 spiro atoms. The van der Waals surface area contributed by atoms with E-state index in [1.54, 1.807) is 62.8 Å². The standard InChI is InChI=1S/C21H18Cl2N2O4/c1-27-19-7-3-13(9-20(19)28-2)10-21(26)25-24-12-15-5-8-18(29-15)16-6-4-14(22)11-17(16)23/h3-9,11-12H,10H2,1-2H3,(H,25,26)/b24-12-. The average molecular weight is 433 g/mol. The molecule has 1 aromatic heterocycles. The fourth-order valence-corrected chi connectivity index (χ4v) is 3.14. The fourth-order valence-electron chi connectivity index (χ4n) is 2.64. The van der Waals surface area contributed by atoms with Crippen molar-refractivity contribution < 1.29 is 18.7 Å². The third-order valence-corrected chi connectivity index (χ3v) is 4.56. The molecular formula is C21H18Cl2N2O4. The summed E-state index contributed by atoms with van der Waals surface area (Å²) in [7, 11) is 3.10. The van der Waals surface area contributed by atoms with Crippen LogP contribution < -0.4 is 14.9 Å². The van der Waals surface area contributed by atoms with Crippen LogP contribution in [-0.4, -0.2) is 26.3 Å². The van der Waals surface area contributed by atoms with Crippen LogP contribution in [0.4, 0.5) is 0 Å². The number of ether oxygens (including phenoxy) is 2. The van der Waals surface area contributed by atoms with Gasteiger partial charge in [-0.15, -0.1) is 0 Å². The number of benzene rings is 2. The van der Waals surface area contributed by atoms with Gasteiger partial charge in [0, 0.05) is 10.6 Å². The molecule has 0 aliphatic heterocycles. The highest BCUT2D eigenvalue weighted by molar-refractivity contribution is 6.36. The van der Waals surface area contributed by atoms with Crippen molar-refractivity contribution >= 4 is 35.3 Å². The van der Waals surface area contributed by atoms with Crippen LogP contribution in [0.5, 0.6) is 11.5 Å². The Morgan fingerprint density at radius 2 is 1.86 bits per heavy atom. The molecular weight excluding hydrogens is 415 g/mol. The molecule has 150 valence electrons. The van der Waals surface area contributed by atoms with Gasteiger partial charge in [-0.25, -0.2) is 5.43 Å². The molecule has 8 heteroatoms. The van der Waals surface area contributed by atoms with Crippen LogP contribution in [-0.2, 0) is 11.2 Å². The molecule has 0 unspecified atom stereocenters. The van der Waals surface area contributed by atoms with E-state index >= 15 is 0 Å². The van der Waals surface area contributed by atoms with Crippen LogP contribution in [0.3, 0.4) is 0 Å². The van der Waals surface area contributed by atoms with Crippen LogP contribution in [0.1, 0.15) is 11.3 Å². The zero-order valence-electron chi connectivity index (χ0n) is 15.7. The van der Waals surface area contributed by atoms with Crippen molar-refractivity contribution in [1.82, 2.24) is 5.43 Å². The number of carbonyl (C=O) groups excluding carboxylic acids is 1. The van der Waals surface area contributed by atoms with Gasteiger partial charge in [-0.3, -0.25) is 4.79 Å². The van der Waals surface area contributed by atoms with Crippen molar-refractivity contribution in [3.05, 3.63) is 69.9 Å². The quantitative estimate of drug-likeness (QED) is 0.422. The Hall–Kier alpha value is -2.96. The van der Waals surface area contributed by atoms with Crippen LogP contribution in [0.2, 0.25) is 10.0 Å². The highest BCUT2D eigenvalue weighted by atomic mass is 35.5. The molecule has 0 aliphatic rings. The zero-order valence-corrected chi connectivity index (χ0v) is 17.3. The van der Waals surface area contributed by atoms with Gasteiger partial charge in [0.25, 0.3) is 0 Å². The number of furan rings is 1. The summed E-state index contributed by atoms with van der Waals surface area (Å²) in [5.41, 5.74) is 3.96. The van der Waals surface area contributed by atoms with Crippen molar-refractivity contribution in [3.63, 3.8) is 0 Å². The van der Waals surface area contributed by atoms with Gasteiger partial charge < -0.3 is 13.9 Å². The highest BCUT2D eigenvalue weighted by Gasteiger charge is 2.10. The predicted octanol–water partition coefficient (Wildman–Crippen LogP) is 4.96. The van der Waals surface area contributed by atoms with E-state index in [2.05, 4.69) is 10.5 Å². The molecule has 0 radical (unpaired) electrons. The minimum absolute atomic E-state index is 0.140. The Bertz CT molecular complexity index is 1050.